The van der Waals surface area contributed by atoms with Crippen molar-refractivity contribution in [2.24, 2.45) is 5.84 Å². The smallest absolute Gasteiger partial charge is 0.254 e. The fourth-order valence-electron chi connectivity index (χ4n) is 2.82. The number of hydrogen-bond donors (Lipinski definition) is 2. The first-order chi connectivity index (χ1) is 11.0. The van der Waals surface area contributed by atoms with Crippen LogP contribution >= 0.6 is 11.6 Å². The van der Waals surface area contributed by atoms with Gasteiger partial charge in [-0.15, -0.1) is 0 Å². The van der Waals surface area contributed by atoms with Gasteiger partial charge < -0.3 is 5.43 Å². The minimum absolute atomic E-state index is 0.412. The van der Waals surface area contributed by atoms with Gasteiger partial charge in [-0.1, -0.05) is 18.5 Å². The van der Waals surface area contributed by atoms with Crippen LogP contribution in [0.3, 0.4) is 0 Å². The predicted octanol–water partition coefficient (Wildman–Crippen LogP) is 2.64. The average molecular weight is 332 g/mol. The van der Waals surface area contributed by atoms with E-state index in [0.717, 1.165) is 34.3 Å². The summed E-state index contributed by atoms with van der Waals surface area (Å²) in [6.07, 6.45) is 0.785. The van der Waals surface area contributed by atoms with Crippen LogP contribution in [0.1, 0.15) is 29.4 Å². The van der Waals surface area contributed by atoms with E-state index in [1.54, 1.807) is 4.68 Å². The van der Waals surface area contributed by atoms with Crippen molar-refractivity contribution in [3.63, 3.8) is 0 Å². The van der Waals surface area contributed by atoms with Gasteiger partial charge in [0.25, 0.3) is 5.95 Å². The zero-order valence-electron chi connectivity index (χ0n) is 13.5. The fraction of sp³-hybridized carbons (Fsp3) is 0.333. The molecular formula is C15H18ClN7. The molecule has 8 heteroatoms. The van der Waals surface area contributed by atoms with Gasteiger partial charge in [0.2, 0.25) is 0 Å². The van der Waals surface area contributed by atoms with Gasteiger partial charge in [-0.3, -0.25) is 0 Å². The Hall–Kier alpha value is -2.25. The molecule has 3 aromatic rings. The molecule has 0 saturated heterocycles. The van der Waals surface area contributed by atoms with E-state index >= 15 is 0 Å². The van der Waals surface area contributed by atoms with Gasteiger partial charge in [0.05, 0.1) is 5.69 Å². The molecular weight excluding hydrogens is 314 g/mol. The molecule has 0 bridgehead atoms. The molecule has 3 rings (SSSR count). The first-order valence-electron chi connectivity index (χ1n) is 7.33. The molecule has 3 heterocycles. The minimum atomic E-state index is 0.412. The van der Waals surface area contributed by atoms with Crippen LogP contribution < -0.4 is 11.3 Å². The Labute approximate surface area is 138 Å². The highest BCUT2D eigenvalue weighted by molar-refractivity contribution is 6.29. The number of nitrogens with two attached hydrogens (primary N) is 1. The number of nitrogens with one attached hydrogen (secondary N) is 1. The number of hydrogen-bond acceptors (Lipinski definition) is 6. The van der Waals surface area contributed by atoms with E-state index in [9.17, 15) is 0 Å². The molecule has 0 aliphatic rings. The van der Waals surface area contributed by atoms with Crippen molar-refractivity contribution in [3.05, 3.63) is 33.7 Å². The Morgan fingerprint density at radius 3 is 2.57 bits per heavy atom. The first-order valence-corrected chi connectivity index (χ1v) is 7.71. The number of aromatic nitrogens is 5. The Morgan fingerprint density at radius 2 is 1.91 bits per heavy atom. The summed E-state index contributed by atoms with van der Waals surface area (Å²) >= 11 is 6.10. The van der Waals surface area contributed by atoms with E-state index in [2.05, 4.69) is 25.5 Å². The van der Waals surface area contributed by atoms with E-state index in [0.29, 0.717) is 22.6 Å². The summed E-state index contributed by atoms with van der Waals surface area (Å²) in [4.78, 5) is 13.4. The third kappa shape index (κ3) is 2.51. The molecule has 3 aromatic heterocycles. The van der Waals surface area contributed by atoms with E-state index in [4.69, 9.17) is 17.4 Å². The van der Waals surface area contributed by atoms with Crippen LogP contribution in [-0.4, -0.2) is 24.7 Å². The first kappa shape index (κ1) is 15.6. The predicted molar refractivity (Wildman–Crippen MR) is 90.9 cm³/mol. The lowest BCUT2D eigenvalue weighted by atomic mass is 10.2. The summed E-state index contributed by atoms with van der Waals surface area (Å²) in [6, 6.07) is 1.82. The molecule has 0 aromatic carbocycles. The zero-order valence-corrected chi connectivity index (χ0v) is 14.2. The monoisotopic (exact) mass is 331 g/mol. The third-order valence-electron chi connectivity index (χ3n) is 3.86. The standard InChI is InChI=1S/C15H18ClN7/c1-5-10-8(3)18-15(20-13(10)21-17)23-14-12(9(4)22-23)7(2)6-11(16)19-14/h6H,5,17H2,1-4H3,(H,18,20,21). The molecule has 7 nitrogen and oxygen atoms in total. The number of fused-ring (bicyclic) bond motifs is 1. The molecule has 0 fully saturated rings. The third-order valence-corrected chi connectivity index (χ3v) is 4.05. The summed E-state index contributed by atoms with van der Waals surface area (Å²) < 4.78 is 1.61. The molecule has 120 valence electrons. The van der Waals surface area contributed by atoms with Crippen LogP contribution in [0.25, 0.3) is 17.0 Å². The quantitative estimate of drug-likeness (QED) is 0.435. The summed E-state index contributed by atoms with van der Waals surface area (Å²) in [6.45, 7) is 7.87. The zero-order chi connectivity index (χ0) is 16.7. The Morgan fingerprint density at radius 1 is 1.17 bits per heavy atom. The number of rotatable bonds is 3. The molecule has 0 atom stereocenters. The molecule has 3 N–H and O–H groups in total. The van der Waals surface area contributed by atoms with Crippen LogP contribution in [0, 0.1) is 20.8 Å². The number of anilines is 1. The van der Waals surface area contributed by atoms with Crippen molar-refractivity contribution < 1.29 is 0 Å². The van der Waals surface area contributed by atoms with Gasteiger partial charge in [0.1, 0.15) is 11.0 Å². The normalized spacial score (nSPS) is 11.2. The van der Waals surface area contributed by atoms with Crippen LogP contribution in [-0.2, 0) is 6.42 Å². The Bertz CT molecular complexity index is 901. The number of aryl methyl sites for hydroxylation is 3. The van der Waals surface area contributed by atoms with E-state index in [1.165, 1.54) is 0 Å². The lowest BCUT2D eigenvalue weighted by Gasteiger charge is -2.11. The van der Waals surface area contributed by atoms with Gasteiger partial charge >= 0.3 is 0 Å². The molecule has 0 aliphatic carbocycles. The highest BCUT2D eigenvalue weighted by atomic mass is 35.5. The highest BCUT2D eigenvalue weighted by Gasteiger charge is 2.17. The van der Waals surface area contributed by atoms with E-state index < -0.39 is 0 Å². The molecule has 0 amide bonds. The van der Waals surface area contributed by atoms with Crippen LogP contribution in [0.5, 0.6) is 0 Å². The number of pyridine rings is 1. The van der Waals surface area contributed by atoms with Crippen molar-refractivity contribution in [1.82, 2.24) is 24.7 Å². The van der Waals surface area contributed by atoms with Gasteiger partial charge in [0.15, 0.2) is 5.65 Å². The Balaban J connectivity index is 2.31. The number of halogens is 1. The van der Waals surface area contributed by atoms with Crippen molar-refractivity contribution in [2.45, 2.75) is 34.1 Å². The topological polar surface area (TPSA) is 94.5 Å². The maximum Gasteiger partial charge on any atom is 0.254 e. The molecule has 0 unspecified atom stereocenters. The largest absolute Gasteiger partial charge is 0.308 e. The van der Waals surface area contributed by atoms with Gasteiger partial charge in [-0.05, 0) is 38.8 Å². The second-order valence-corrected chi connectivity index (χ2v) is 5.78. The van der Waals surface area contributed by atoms with Crippen molar-refractivity contribution in [3.8, 4) is 5.95 Å². The summed E-state index contributed by atoms with van der Waals surface area (Å²) in [5, 5.41) is 5.90. The number of hydrazine groups is 1. The molecule has 23 heavy (non-hydrogen) atoms. The summed E-state index contributed by atoms with van der Waals surface area (Å²) in [5.41, 5.74) is 6.97. The lowest BCUT2D eigenvalue weighted by Crippen LogP contribution is -2.16. The lowest BCUT2D eigenvalue weighted by molar-refractivity contribution is 0.797. The summed E-state index contributed by atoms with van der Waals surface area (Å²) in [7, 11) is 0. The van der Waals surface area contributed by atoms with Gasteiger partial charge in [0, 0.05) is 16.6 Å². The molecule has 0 saturated carbocycles. The van der Waals surface area contributed by atoms with Crippen LogP contribution in [0.15, 0.2) is 6.07 Å². The van der Waals surface area contributed by atoms with Gasteiger partial charge in [-0.2, -0.15) is 14.8 Å². The van der Waals surface area contributed by atoms with Crippen molar-refractivity contribution >= 4 is 28.5 Å². The van der Waals surface area contributed by atoms with Crippen molar-refractivity contribution in [1.29, 1.82) is 0 Å². The average Bonchev–Trinajstić information content (AvgIpc) is 2.83. The number of nitrogens with zero attached hydrogens (tertiary/aromatic N) is 5. The van der Waals surface area contributed by atoms with Crippen molar-refractivity contribution in [2.75, 3.05) is 5.43 Å². The minimum Gasteiger partial charge on any atom is -0.308 e. The SMILES string of the molecule is CCc1c(C)nc(-n2nc(C)c3c(C)cc(Cl)nc32)nc1NN. The molecule has 0 aliphatic heterocycles. The van der Waals surface area contributed by atoms with E-state index in [-0.39, 0.29) is 0 Å². The second-order valence-electron chi connectivity index (χ2n) is 5.39. The second kappa shape index (κ2) is 5.75. The fourth-order valence-corrected chi connectivity index (χ4v) is 3.07. The van der Waals surface area contributed by atoms with Gasteiger partial charge in [-0.25, -0.2) is 15.8 Å². The van der Waals surface area contributed by atoms with Crippen LogP contribution in [0.4, 0.5) is 5.82 Å². The van der Waals surface area contributed by atoms with E-state index in [1.807, 2.05) is 33.8 Å². The Kier molecular flexibility index (Phi) is 3.91. The molecule has 0 spiro atoms. The highest BCUT2D eigenvalue weighted by Crippen LogP contribution is 2.26. The maximum atomic E-state index is 6.10. The summed E-state index contributed by atoms with van der Waals surface area (Å²) in [5.74, 6) is 6.61. The van der Waals surface area contributed by atoms with Crippen LogP contribution in [0.2, 0.25) is 5.15 Å². The number of nitrogen functional groups attached to an aromatic ring is 1. The molecule has 0 radical (unpaired) electrons. The maximum absolute atomic E-state index is 6.10.